The van der Waals surface area contributed by atoms with E-state index >= 15 is 0 Å². The third kappa shape index (κ3) is 15.3. The number of hydrogen-bond donors (Lipinski definition) is 4. The molecule has 7 heteroatoms. The van der Waals surface area contributed by atoms with E-state index in [4.69, 9.17) is 0 Å². The van der Waals surface area contributed by atoms with Crippen LogP contribution in [0.2, 0.25) is 0 Å². The van der Waals surface area contributed by atoms with Crippen molar-refractivity contribution in [2.24, 2.45) is 0 Å². The summed E-state index contributed by atoms with van der Waals surface area (Å²) in [6.07, 6.45) is 0. The van der Waals surface area contributed by atoms with E-state index in [0.717, 1.165) is 52.4 Å². The van der Waals surface area contributed by atoms with Gasteiger partial charge in [-0.05, 0) is 0 Å². The van der Waals surface area contributed by atoms with Crippen LogP contribution in [0.4, 0.5) is 0 Å². The fraction of sp³-hybridized carbons (Fsp3) is 1.00. The summed E-state index contributed by atoms with van der Waals surface area (Å²) in [5.41, 5.74) is 0. The van der Waals surface area contributed by atoms with Crippen molar-refractivity contribution in [2.45, 2.75) is 0 Å². The van der Waals surface area contributed by atoms with Crippen molar-refractivity contribution in [3.05, 3.63) is 0 Å². The molecule has 0 aromatic carbocycles. The maximum atomic E-state index is 3.36. The maximum absolute atomic E-state index is 3.36. The van der Waals surface area contributed by atoms with Crippen LogP contribution in [0.15, 0.2) is 0 Å². The third-order valence-electron chi connectivity index (χ3n) is 1.91. The highest BCUT2D eigenvalue weighted by molar-refractivity contribution is 8.93. The van der Waals surface area contributed by atoms with Gasteiger partial charge >= 0.3 is 0 Å². The molecule has 1 aliphatic rings. The van der Waals surface area contributed by atoms with Crippen LogP contribution in [-0.2, 0) is 0 Å². The Balaban J connectivity index is -0.000000480. The highest BCUT2D eigenvalue weighted by atomic mass is 79.9. The Kier molecular flexibility index (Phi) is 25.4. The fourth-order valence-electron chi connectivity index (χ4n) is 1.21. The second-order valence-electron chi connectivity index (χ2n) is 3.00. The van der Waals surface area contributed by atoms with E-state index in [1.807, 2.05) is 0 Å². The minimum absolute atomic E-state index is 0. The predicted octanol–water partition coefficient (Wildman–Crippen LogP) is 0.0921. The minimum Gasteiger partial charge on any atom is -0.314 e. The molecule has 0 bridgehead atoms. The van der Waals surface area contributed by atoms with Crippen molar-refractivity contribution in [3.8, 4) is 0 Å². The molecule has 0 radical (unpaired) electrons. The van der Waals surface area contributed by atoms with Crippen molar-refractivity contribution in [1.82, 2.24) is 21.3 Å². The van der Waals surface area contributed by atoms with Crippen molar-refractivity contribution in [2.75, 3.05) is 52.4 Å². The average molecular weight is 415 g/mol. The molecule has 1 saturated heterocycles. The van der Waals surface area contributed by atoms with Gasteiger partial charge in [0.15, 0.2) is 0 Å². The first-order valence-corrected chi connectivity index (χ1v) is 4.83. The van der Waals surface area contributed by atoms with E-state index in [1.54, 1.807) is 0 Å². The smallest absolute Gasteiger partial charge is 0.00772 e. The largest absolute Gasteiger partial charge is 0.314 e. The van der Waals surface area contributed by atoms with Gasteiger partial charge in [-0.2, -0.15) is 0 Å². The van der Waals surface area contributed by atoms with Gasteiger partial charge in [0, 0.05) is 52.4 Å². The molecule has 15 heavy (non-hydrogen) atoms. The summed E-state index contributed by atoms with van der Waals surface area (Å²) in [7, 11) is 0. The van der Waals surface area contributed by atoms with Crippen LogP contribution >= 0.6 is 50.9 Å². The fourth-order valence-corrected chi connectivity index (χ4v) is 1.21. The van der Waals surface area contributed by atoms with Gasteiger partial charge in [-0.15, -0.1) is 50.9 Å². The molecular formula is C8H23Br3N4. The first-order chi connectivity index (χ1) is 6.00. The van der Waals surface area contributed by atoms with E-state index in [0.29, 0.717) is 0 Å². The standard InChI is InChI=1S/C8H20N4.3BrH/c1-2-10-5-6-12-8-7-11-4-3-9-1;;;/h9-12H,1-8H2;3*1H. The molecule has 0 aromatic heterocycles. The van der Waals surface area contributed by atoms with E-state index < -0.39 is 0 Å². The van der Waals surface area contributed by atoms with Crippen LogP contribution in [0.5, 0.6) is 0 Å². The first kappa shape index (κ1) is 21.6. The van der Waals surface area contributed by atoms with E-state index in [1.165, 1.54) is 0 Å². The van der Waals surface area contributed by atoms with Gasteiger partial charge in [-0.25, -0.2) is 0 Å². The van der Waals surface area contributed by atoms with Crippen molar-refractivity contribution in [1.29, 1.82) is 0 Å². The lowest BCUT2D eigenvalue weighted by molar-refractivity contribution is 0.534. The monoisotopic (exact) mass is 412 g/mol. The molecule has 0 aromatic rings. The second-order valence-corrected chi connectivity index (χ2v) is 3.00. The van der Waals surface area contributed by atoms with Crippen LogP contribution in [0.25, 0.3) is 0 Å². The zero-order valence-corrected chi connectivity index (χ0v) is 14.0. The Morgan fingerprint density at radius 1 is 0.333 bits per heavy atom. The summed E-state index contributed by atoms with van der Waals surface area (Å²) in [5, 5.41) is 13.4. The van der Waals surface area contributed by atoms with Gasteiger partial charge < -0.3 is 21.3 Å². The summed E-state index contributed by atoms with van der Waals surface area (Å²) >= 11 is 0. The number of halogens is 3. The molecule has 0 atom stereocenters. The Morgan fingerprint density at radius 3 is 0.600 bits per heavy atom. The highest BCUT2D eigenvalue weighted by Gasteiger charge is 1.92. The Bertz CT molecular complexity index is 64.9. The van der Waals surface area contributed by atoms with Crippen LogP contribution in [0.3, 0.4) is 0 Å². The van der Waals surface area contributed by atoms with Gasteiger partial charge in [0.1, 0.15) is 0 Å². The summed E-state index contributed by atoms with van der Waals surface area (Å²) in [6, 6.07) is 0. The lowest BCUT2D eigenvalue weighted by Gasteiger charge is -2.11. The topological polar surface area (TPSA) is 48.1 Å². The number of rotatable bonds is 0. The minimum atomic E-state index is 0. The quantitative estimate of drug-likeness (QED) is 0.454. The maximum Gasteiger partial charge on any atom is 0.00772 e. The highest BCUT2D eigenvalue weighted by Crippen LogP contribution is 1.65. The molecule has 1 fully saturated rings. The molecule has 4 nitrogen and oxygen atoms in total. The molecule has 0 spiro atoms. The third-order valence-corrected chi connectivity index (χ3v) is 1.91. The molecule has 0 saturated carbocycles. The molecule has 1 rings (SSSR count). The molecule has 0 amide bonds. The van der Waals surface area contributed by atoms with Crippen LogP contribution in [-0.4, -0.2) is 52.4 Å². The van der Waals surface area contributed by atoms with Gasteiger partial charge in [0.2, 0.25) is 0 Å². The first-order valence-electron chi connectivity index (χ1n) is 4.83. The van der Waals surface area contributed by atoms with Gasteiger partial charge in [-0.1, -0.05) is 0 Å². The second kappa shape index (κ2) is 17.7. The predicted molar refractivity (Wildman–Crippen MR) is 82.4 cm³/mol. The molecule has 0 aliphatic carbocycles. The van der Waals surface area contributed by atoms with Gasteiger partial charge in [-0.3, -0.25) is 0 Å². The summed E-state index contributed by atoms with van der Waals surface area (Å²) < 4.78 is 0. The van der Waals surface area contributed by atoms with Crippen molar-refractivity contribution >= 4 is 50.9 Å². The molecule has 96 valence electrons. The Labute approximate surface area is 124 Å². The summed E-state index contributed by atoms with van der Waals surface area (Å²) in [5.74, 6) is 0. The normalized spacial score (nSPS) is 19.2. The van der Waals surface area contributed by atoms with Crippen LogP contribution in [0, 0.1) is 0 Å². The van der Waals surface area contributed by atoms with Crippen molar-refractivity contribution < 1.29 is 0 Å². The number of hydrogen-bond acceptors (Lipinski definition) is 4. The Hall–Kier alpha value is 1.28. The lowest BCUT2D eigenvalue weighted by atomic mass is 10.4. The molecule has 1 heterocycles. The lowest BCUT2D eigenvalue weighted by Crippen LogP contribution is -2.39. The van der Waals surface area contributed by atoms with Crippen LogP contribution < -0.4 is 21.3 Å². The van der Waals surface area contributed by atoms with Crippen molar-refractivity contribution in [3.63, 3.8) is 0 Å². The number of nitrogens with one attached hydrogen (secondary N) is 4. The van der Waals surface area contributed by atoms with Crippen LogP contribution in [0.1, 0.15) is 0 Å². The summed E-state index contributed by atoms with van der Waals surface area (Å²) in [6.45, 7) is 8.57. The molecule has 1 aliphatic heterocycles. The molecular weight excluding hydrogens is 392 g/mol. The molecule has 0 unspecified atom stereocenters. The SMILES string of the molecule is Br.Br.Br.C1CNCCNCCNCCN1. The zero-order valence-electron chi connectivity index (χ0n) is 8.88. The van der Waals surface area contributed by atoms with E-state index in [9.17, 15) is 0 Å². The summed E-state index contributed by atoms with van der Waals surface area (Å²) in [4.78, 5) is 0. The average Bonchev–Trinajstić information content (AvgIpc) is 2.05. The van der Waals surface area contributed by atoms with Gasteiger partial charge in [0.25, 0.3) is 0 Å². The van der Waals surface area contributed by atoms with E-state index in [-0.39, 0.29) is 50.9 Å². The van der Waals surface area contributed by atoms with Gasteiger partial charge in [0.05, 0.1) is 0 Å². The zero-order chi connectivity index (χ0) is 8.49. The van der Waals surface area contributed by atoms with E-state index in [2.05, 4.69) is 21.3 Å². The Morgan fingerprint density at radius 2 is 0.467 bits per heavy atom. The molecule has 4 N–H and O–H groups in total.